The van der Waals surface area contributed by atoms with Crippen LogP contribution in [0.5, 0.6) is 0 Å². The Kier molecular flexibility index (Phi) is 5.52. The van der Waals surface area contributed by atoms with Crippen molar-refractivity contribution in [3.8, 4) is 0 Å². The molecule has 0 saturated heterocycles. The minimum atomic E-state index is 0.454. The van der Waals surface area contributed by atoms with E-state index in [4.69, 9.17) is 4.98 Å². The predicted molar refractivity (Wildman–Crippen MR) is 116 cm³/mol. The van der Waals surface area contributed by atoms with Crippen molar-refractivity contribution in [3.05, 3.63) is 46.5 Å². The van der Waals surface area contributed by atoms with E-state index in [1.807, 2.05) is 0 Å². The van der Waals surface area contributed by atoms with E-state index in [0.29, 0.717) is 5.92 Å². The van der Waals surface area contributed by atoms with Crippen molar-refractivity contribution in [1.82, 2.24) is 4.98 Å². The van der Waals surface area contributed by atoms with Crippen molar-refractivity contribution in [1.29, 1.82) is 0 Å². The number of rotatable bonds is 6. The first kappa shape index (κ1) is 18.7. The molecule has 0 fully saturated rings. The largest absolute Gasteiger partial charge is 0.384 e. The summed E-state index contributed by atoms with van der Waals surface area (Å²) in [5.41, 5.74) is 8.60. The lowest BCUT2D eigenvalue weighted by molar-refractivity contribution is 0.873. The van der Waals surface area contributed by atoms with Crippen LogP contribution >= 0.6 is 11.3 Å². The molecule has 0 aliphatic heterocycles. The second kappa shape index (κ2) is 7.67. The van der Waals surface area contributed by atoms with Crippen LogP contribution in [0.25, 0.3) is 10.2 Å². The Morgan fingerprint density at radius 3 is 2.38 bits per heavy atom. The van der Waals surface area contributed by atoms with Crippen LogP contribution in [0.1, 0.15) is 55.4 Å². The zero-order valence-electron chi connectivity index (χ0n) is 16.7. The Morgan fingerprint density at radius 2 is 1.77 bits per heavy atom. The van der Waals surface area contributed by atoms with Gasteiger partial charge in [0.25, 0.3) is 0 Å². The lowest BCUT2D eigenvalue weighted by Crippen LogP contribution is -2.00. The molecule has 0 aliphatic rings. The summed E-state index contributed by atoms with van der Waals surface area (Å²) in [6, 6.07) is 8.86. The number of thiazole rings is 1. The molecular formula is C22H29N3S. The van der Waals surface area contributed by atoms with Gasteiger partial charge in [0, 0.05) is 12.2 Å². The van der Waals surface area contributed by atoms with E-state index in [1.165, 1.54) is 38.3 Å². The second-order valence-corrected chi connectivity index (χ2v) is 8.38. The minimum absolute atomic E-state index is 0.454. The van der Waals surface area contributed by atoms with E-state index in [1.54, 1.807) is 11.3 Å². The van der Waals surface area contributed by atoms with Crippen molar-refractivity contribution in [2.24, 2.45) is 0 Å². The number of hydrogen-bond acceptors (Lipinski definition) is 4. The molecule has 0 atom stereocenters. The van der Waals surface area contributed by atoms with Gasteiger partial charge >= 0.3 is 0 Å². The quantitative estimate of drug-likeness (QED) is 0.497. The molecule has 138 valence electrons. The SMILES string of the molecule is CCCNc1ccc(C(C)C)c2nc(Nc3c(C)cc(C)cc3C)sc12. The summed E-state index contributed by atoms with van der Waals surface area (Å²) in [6.07, 6.45) is 1.11. The molecule has 3 aromatic rings. The zero-order chi connectivity index (χ0) is 18.8. The Labute approximate surface area is 160 Å². The van der Waals surface area contributed by atoms with E-state index < -0.39 is 0 Å². The Morgan fingerprint density at radius 1 is 1.08 bits per heavy atom. The normalized spacial score (nSPS) is 11.3. The first-order valence-corrected chi connectivity index (χ1v) is 10.2. The van der Waals surface area contributed by atoms with Crippen LogP contribution in [0.15, 0.2) is 24.3 Å². The Hall–Kier alpha value is -2.07. The summed E-state index contributed by atoms with van der Waals surface area (Å²) in [7, 11) is 0. The van der Waals surface area contributed by atoms with Crippen molar-refractivity contribution >= 4 is 38.1 Å². The van der Waals surface area contributed by atoms with Gasteiger partial charge in [0.15, 0.2) is 5.13 Å². The van der Waals surface area contributed by atoms with E-state index in [-0.39, 0.29) is 0 Å². The molecule has 2 aromatic carbocycles. The molecule has 0 amide bonds. The molecule has 0 aliphatic carbocycles. The van der Waals surface area contributed by atoms with Crippen LogP contribution in [0.4, 0.5) is 16.5 Å². The zero-order valence-corrected chi connectivity index (χ0v) is 17.5. The van der Waals surface area contributed by atoms with Crippen LogP contribution in [0, 0.1) is 20.8 Å². The third-order valence-electron chi connectivity index (χ3n) is 4.67. The van der Waals surface area contributed by atoms with Gasteiger partial charge in [-0.2, -0.15) is 0 Å². The number of nitrogens with zero attached hydrogens (tertiary/aromatic N) is 1. The topological polar surface area (TPSA) is 37.0 Å². The van der Waals surface area contributed by atoms with Crippen LogP contribution in [-0.2, 0) is 0 Å². The molecule has 3 rings (SSSR count). The molecule has 2 N–H and O–H groups in total. The van der Waals surface area contributed by atoms with Crippen molar-refractivity contribution in [3.63, 3.8) is 0 Å². The average molecular weight is 368 g/mol. The summed E-state index contributed by atoms with van der Waals surface area (Å²) in [4.78, 5) is 4.97. The smallest absolute Gasteiger partial charge is 0.188 e. The van der Waals surface area contributed by atoms with Crippen LogP contribution in [-0.4, -0.2) is 11.5 Å². The fourth-order valence-electron chi connectivity index (χ4n) is 3.43. The predicted octanol–water partition coefficient (Wildman–Crippen LogP) is 6.91. The lowest BCUT2D eigenvalue weighted by Gasteiger charge is -2.11. The summed E-state index contributed by atoms with van der Waals surface area (Å²) < 4.78 is 1.24. The van der Waals surface area contributed by atoms with E-state index in [2.05, 4.69) is 76.4 Å². The van der Waals surface area contributed by atoms with Crippen LogP contribution < -0.4 is 10.6 Å². The molecule has 0 radical (unpaired) electrons. The van der Waals surface area contributed by atoms with Gasteiger partial charge in [-0.1, -0.05) is 55.9 Å². The standard InChI is InChI=1S/C22H29N3S/c1-7-10-23-18-9-8-17(13(2)3)20-21(18)26-22(25-20)24-19-15(5)11-14(4)12-16(19)6/h8-9,11-13,23H,7,10H2,1-6H3,(H,24,25). The maximum atomic E-state index is 4.97. The minimum Gasteiger partial charge on any atom is -0.384 e. The summed E-state index contributed by atoms with van der Waals surface area (Å²) >= 11 is 1.74. The Bertz CT molecular complexity index is 902. The molecule has 0 spiro atoms. The Balaban J connectivity index is 2.06. The molecule has 3 nitrogen and oxygen atoms in total. The average Bonchev–Trinajstić information content (AvgIpc) is 2.99. The van der Waals surface area contributed by atoms with Crippen LogP contribution in [0.3, 0.4) is 0 Å². The highest BCUT2D eigenvalue weighted by atomic mass is 32.1. The maximum Gasteiger partial charge on any atom is 0.188 e. The number of aryl methyl sites for hydroxylation is 3. The van der Waals surface area contributed by atoms with Gasteiger partial charge in [-0.3, -0.25) is 0 Å². The van der Waals surface area contributed by atoms with Crippen molar-refractivity contribution < 1.29 is 0 Å². The van der Waals surface area contributed by atoms with Gasteiger partial charge in [-0.15, -0.1) is 0 Å². The second-order valence-electron chi connectivity index (χ2n) is 7.38. The first-order chi connectivity index (χ1) is 12.4. The molecule has 1 aromatic heterocycles. The molecule has 26 heavy (non-hydrogen) atoms. The molecule has 0 saturated carbocycles. The molecule has 0 unspecified atom stereocenters. The fourth-order valence-corrected chi connectivity index (χ4v) is 4.42. The number of fused-ring (bicyclic) bond motifs is 1. The van der Waals surface area contributed by atoms with Gasteiger partial charge in [0.05, 0.1) is 15.9 Å². The van der Waals surface area contributed by atoms with Gasteiger partial charge in [-0.05, 0) is 55.9 Å². The van der Waals surface area contributed by atoms with Gasteiger partial charge in [-0.25, -0.2) is 4.98 Å². The van der Waals surface area contributed by atoms with Gasteiger partial charge < -0.3 is 10.6 Å². The lowest BCUT2D eigenvalue weighted by atomic mass is 10.0. The van der Waals surface area contributed by atoms with E-state index in [9.17, 15) is 0 Å². The van der Waals surface area contributed by atoms with Crippen LogP contribution in [0.2, 0.25) is 0 Å². The number of anilines is 3. The monoisotopic (exact) mass is 367 g/mol. The van der Waals surface area contributed by atoms with Crippen molar-refractivity contribution in [2.75, 3.05) is 17.2 Å². The molecular weight excluding hydrogens is 338 g/mol. The van der Waals surface area contributed by atoms with Gasteiger partial charge in [0.2, 0.25) is 0 Å². The molecule has 0 bridgehead atoms. The number of aromatic nitrogens is 1. The number of hydrogen-bond donors (Lipinski definition) is 2. The summed E-state index contributed by atoms with van der Waals surface area (Å²) in [5, 5.41) is 8.10. The first-order valence-electron chi connectivity index (χ1n) is 9.42. The molecule has 4 heteroatoms. The van der Waals surface area contributed by atoms with Gasteiger partial charge in [0.1, 0.15) is 0 Å². The highest BCUT2D eigenvalue weighted by Gasteiger charge is 2.15. The third kappa shape index (κ3) is 3.70. The van der Waals surface area contributed by atoms with E-state index in [0.717, 1.165) is 23.6 Å². The number of benzene rings is 2. The number of nitrogens with one attached hydrogen (secondary N) is 2. The van der Waals surface area contributed by atoms with E-state index >= 15 is 0 Å². The summed E-state index contributed by atoms with van der Waals surface area (Å²) in [5.74, 6) is 0.454. The highest BCUT2D eigenvalue weighted by molar-refractivity contribution is 7.22. The third-order valence-corrected chi connectivity index (χ3v) is 5.68. The van der Waals surface area contributed by atoms with Crippen molar-refractivity contribution in [2.45, 2.75) is 53.9 Å². The fraction of sp³-hybridized carbons (Fsp3) is 0.409. The maximum absolute atomic E-state index is 4.97. The molecule has 1 heterocycles. The summed E-state index contributed by atoms with van der Waals surface area (Å²) in [6.45, 7) is 14.1. The highest BCUT2D eigenvalue weighted by Crippen LogP contribution is 2.38.